The number of nitrogens with two attached hydrogens (primary N) is 1. The molecule has 3 heterocycles. The van der Waals surface area contributed by atoms with E-state index in [0.29, 0.717) is 31.8 Å². The molecule has 0 spiro atoms. The Labute approximate surface area is 167 Å². The van der Waals surface area contributed by atoms with Gasteiger partial charge in [-0.1, -0.05) is 12.1 Å². The van der Waals surface area contributed by atoms with Crippen LogP contribution in [0.2, 0.25) is 0 Å². The van der Waals surface area contributed by atoms with Crippen molar-refractivity contribution in [3.05, 3.63) is 48.2 Å². The number of halogens is 1. The standard InChI is InChI=1S/C20H23FN6O2/c1-13(29-16-5-3-2-4-15(16)21)20(28)26-10-6-14(12-26)17-18-19(24-9-8-23-18)27(25-17)11-7-22/h2-5,8-9,13-14H,6-7,10-12,22H2,1H3/t13-,14+/m0/s1. The van der Waals surface area contributed by atoms with Gasteiger partial charge in [-0.15, -0.1) is 0 Å². The molecule has 9 heteroatoms. The average Bonchev–Trinajstić information content (AvgIpc) is 3.35. The Morgan fingerprint density at radius 3 is 2.93 bits per heavy atom. The molecule has 1 aliphatic heterocycles. The van der Waals surface area contributed by atoms with Gasteiger partial charge in [-0.3, -0.25) is 4.79 Å². The first-order valence-electron chi connectivity index (χ1n) is 9.66. The average molecular weight is 398 g/mol. The molecule has 1 fully saturated rings. The topological polar surface area (TPSA) is 99.2 Å². The Hall–Kier alpha value is -3.07. The molecular weight excluding hydrogens is 375 g/mol. The number of para-hydroxylation sites is 1. The number of amides is 1. The Morgan fingerprint density at radius 2 is 2.14 bits per heavy atom. The lowest BCUT2D eigenvalue weighted by Crippen LogP contribution is -2.39. The van der Waals surface area contributed by atoms with E-state index in [0.717, 1.165) is 17.6 Å². The molecule has 0 aliphatic carbocycles. The van der Waals surface area contributed by atoms with E-state index in [-0.39, 0.29) is 17.6 Å². The number of aromatic nitrogens is 4. The lowest BCUT2D eigenvalue weighted by molar-refractivity contribution is -0.136. The predicted octanol–water partition coefficient (Wildman–Crippen LogP) is 1.71. The zero-order chi connectivity index (χ0) is 20.4. The highest BCUT2D eigenvalue weighted by Crippen LogP contribution is 2.31. The van der Waals surface area contributed by atoms with Crippen LogP contribution >= 0.6 is 0 Å². The number of carbonyl (C=O) groups excluding carboxylic acids is 1. The number of rotatable bonds is 6. The molecular formula is C20H23FN6O2. The highest BCUT2D eigenvalue weighted by Gasteiger charge is 2.33. The fraction of sp³-hybridized carbons (Fsp3) is 0.400. The van der Waals surface area contributed by atoms with Crippen molar-refractivity contribution in [1.82, 2.24) is 24.6 Å². The number of benzene rings is 1. The molecule has 2 aromatic heterocycles. The van der Waals surface area contributed by atoms with Crippen molar-refractivity contribution in [3.8, 4) is 5.75 Å². The summed E-state index contributed by atoms with van der Waals surface area (Å²) in [4.78, 5) is 23.4. The second-order valence-electron chi connectivity index (χ2n) is 7.09. The minimum absolute atomic E-state index is 0.0536. The number of nitrogens with zero attached hydrogens (tertiary/aromatic N) is 5. The molecule has 0 unspecified atom stereocenters. The van der Waals surface area contributed by atoms with Gasteiger partial charge in [0.05, 0.1) is 12.2 Å². The first-order valence-corrected chi connectivity index (χ1v) is 9.66. The lowest BCUT2D eigenvalue weighted by atomic mass is 10.0. The van der Waals surface area contributed by atoms with Crippen LogP contribution in [0.1, 0.15) is 25.0 Å². The third-order valence-corrected chi connectivity index (χ3v) is 5.11. The van der Waals surface area contributed by atoms with Crippen molar-refractivity contribution in [1.29, 1.82) is 0 Å². The zero-order valence-electron chi connectivity index (χ0n) is 16.2. The number of hydrogen-bond acceptors (Lipinski definition) is 6. The maximum atomic E-state index is 13.8. The van der Waals surface area contributed by atoms with Gasteiger partial charge >= 0.3 is 0 Å². The molecule has 0 bridgehead atoms. The zero-order valence-corrected chi connectivity index (χ0v) is 16.2. The van der Waals surface area contributed by atoms with Crippen molar-refractivity contribution >= 4 is 17.1 Å². The monoisotopic (exact) mass is 398 g/mol. The van der Waals surface area contributed by atoms with Gasteiger partial charge in [0, 0.05) is 37.9 Å². The van der Waals surface area contributed by atoms with Crippen LogP contribution in [0.5, 0.6) is 5.75 Å². The van der Waals surface area contributed by atoms with Crippen LogP contribution in [0, 0.1) is 5.82 Å². The summed E-state index contributed by atoms with van der Waals surface area (Å²) < 4.78 is 21.1. The van der Waals surface area contributed by atoms with Gasteiger partial charge in [-0.05, 0) is 25.5 Å². The van der Waals surface area contributed by atoms with Crippen LogP contribution < -0.4 is 10.5 Å². The van der Waals surface area contributed by atoms with E-state index >= 15 is 0 Å². The van der Waals surface area contributed by atoms with E-state index in [9.17, 15) is 9.18 Å². The molecule has 2 atom stereocenters. The molecule has 1 saturated heterocycles. The highest BCUT2D eigenvalue weighted by atomic mass is 19.1. The second kappa shape index (κ2) is 8.12. The van der Waals surface area contributed by atoms with Crippen molar-refractivity contribution in [2.24, 2.45) is 5.73 Å². The maximum Gasteiger partial charge on any atom is 0.263 e. The van der Waals surface area contributed by atoms with Crippen molar-refractivity contribution in [3.63, 3.8) is 0 Å². The number of fused-ring (bicyclic) bond motifs is 1. The van der Waals surface area contributed by atoms with Crippen LogP contribution in [-0.2, 0) is 11.3 Å². The smallest absolute Gasteiger partial charge is 0.263 e. The van der Waals surface area contributed by atoms with Crippen LogP contribution in [0.15, 0.2) is 36.7 Å². The fourth-order valence-corrected chi connectivity index (χ4v) is 3.70. The van der Waals surface area contributed by atoms with Crippen LogP contribution in [0.4, 0.5) is 4.39 Å². The number of carbonyl (C=O) groups is 1. The van der Waals surface area contributed by atoms with Gasteiger partial charge < -0.3 is 15.4 Å². The van der Waals surface area contributed by atoms with E-state index in [1.807, 2.05) is 0 Å². The van der Waals surface area contributed by atoms with E-state index in [1.54, 1.807) is 41.0 Å². The summed E-state index contributed by atoms with van der Waals surface area (Å²) in [5.41, 5.74) is 7.96. The van der Waals surface area contributed by atoms with Gasteiger partial charge in [-0.25, -0.2) is 19.0 Å². The Balaban J connectivity index is 1.48. The van der Waals surface area contributed by atoms with Crippen molar-refractivity contribution in [2.75, 3.05) is 19.6 Å². The Bertz CT molecular complexity index is 1020. The molecule has 1 aromatic carbocycles. The normalized spacial score (nSPS) is 17.6. The van der Waals surface area contributed by atoms with Crippen LogP contribution in [-0.4, -0.2) is 56.3 Å². The van der Waals surface area contributed by atoms with Crippen molar-refractivity contribution in [2.45, 2.75) is 31.9 Å². The largest absolute Gasteiger partial charge is 0.478 e. The minimum Gasteiger partial charge on any atom is -0.478 e. The summed E-state index contributed by atoms with van der Waals surface area (Å²) in [6.07, 6.45) is 3.26. The molecule has 2 N–H and O–H groups in total. The van der Waals surface area contributed by atoms with E-state index < -0.39 is 11.9 Å². The Kier molecular flexibility index (Phi) is 5.39. The van der Waals surface area contributed by atoms with Gasteiger partial charge in [-0.2, -0.15) is 5.10 Å². The SMILES string of the molecule is C[C@H](Oc1ccccc1F)C(=O)N1CC[C@@H](c2nn(CCN)c3nccnc23)C1. The molecule has 1 aliphatic rings. The third kappa shape index (κ3) is 3.77. The predicted molar refractivity (Wildman–Crippen MR) is 105 cm³/mol. The first-order chi connectivity index (χ1) is 14.1. The molecule has 3 aromatic rings. The second-order valence-corrected chi connectivity index (χ2v) is 7.09. The molecule has 29 heavy (non-hydrogen) atoms. The van der Waals surface area contributed by atoms with Gasteiger partial charge in [0.1, 0.15) is 5.52 Å². The van der Waals surface area contributed by atoms with E-state index in [2.05, 4.69) is 15.1 Å². The molecule has 152 valence electrons. The summed E-state index contributed by atoms with van der Waals surface area (Å²) in [6.45, 7) is 3.74. The molecule has 4 rings (SSSR count). The van der Waals surface area contributed by atoms with E-state index in [4.69, 9.17) is 10.5 Å². The third-order valence-electron chi connectivity index (χ3n) is 5.11. The van der Waals surface area contributed by atoms with Crippen LogP contribution in [0.3, 0.4) is 0 Å². The quantitative estimate of drug-likeness (QED) is 0.679. The van der Waals surface area contributed by atoms with Crippen molar-refractivity contribution < 1.29 is 13.9 Å². The Morgan fingerprint density at radius 1 is 1.34 bits per heavy atom. The summed E-state index contributed by atoms with van der Waals surface area (Å²) in [7, 11) is 0. The van der Waals surface area contributed by atoms with E-state index in [1.165, 1.54) is 12.1 Å². The summed E-state index contributed by atoms with van der Waals surface area (Å²) in [5.74, 6) is -0.529. The van der Waals surface area contributed by atoms with Gasteiger partial charge in [0.15, 0.2) is 23.3 Å². The summed E-state index contributed by atoms with van der Waals surface area (Å²) in [6, 6.07) is 6.07. The number of ether oxygens (including phenoxy) is 1. The van der Waals surface area contributed by atoms with Gasteiger partial charge in [0.25, 0.3) is 5.91 Å². The molecule has 0 radical (unpaired) electrons. The van der Waals surface area contributed by atoms with Crippen LogP contribution in [0.25, 0.3) is 11.2 Å². The number of likely N-dealkylation sites (tertiary alicyclic amines) is 1. The lowest BCUT2D eigenvalue weighted by Gasteiger charge is -2.21. The summed E-state index contributed by atoms with van der Waals surface area (Å²) in [5, 5.41) is 4.67. The summed E-state index contributed by atoms with van der Waals surface area (Å²) >= 11 is 0. The highest BCUT2D eigenvalue weighted by molar-refractivity contribution is 5.81. The molecule has 0 saturated carbocycles. The maximum absolute atomic E-state index is 13.8. The first kappa shape index (κ1) is 19.3. The molecule has 8 nitrogen and oxygen atoms in total. The minimum atomic E-state index is -0.781. The molecule has 1 amide bonds. The fourth-order valence-electron chi connectivity index (χ4n) is 3.70. The number of hydrogen-bond donors (Lipinski definition) is 1. The van der Waals surface area contributed by atoms with Gasteiger partial charge in [0.2, 0.25) is 0 Å².